The highest BCUT2D eigenvalue weighted by atomic mass is 16.5. The van der Waals surface area contributed by atoms with E-state index >= 15 is 0 Å². The Kier molecular flexibility index (Phi) is 3.87. The molecular formula is C14H19NO3. The predicted octanol–water partition coefficient (Wildman–Crippen LogP) is 1.92. The van der Waals surface area contributed by atoms with Gasteiger partial charge in [-0.3, -0.25) is 4.79 Å². The van der Waals surface area contributed by atoms with Crippen molar-refractivity contribution in [2.75, 3.05) is 24.6 Å². The van der Waals surface area contributed by atoms with E-state index in [0.717, 1.165) is 24.3 Å². The Hall–Kier alpha value is -1.55. The van der Waals surface area contributed by atoms with Crippen LogP contribution in [0.4, 0.5) is 5.69 Å². The van der Waals surface area contributed by atoms with E-state index in [-0.39, 0.29) is 24.9 Å². The van der Waals surface area contributed by atoms with E-state index in [1.165, 1.54) is 0 Å². The van der Waals surface area contributed by atoms with Crippen LogP contribution < -0.4 is 9.64 Å². The number of esters is 1. The fourth-order valence-corrected chi connectivity index (χ4v) is 2.37. The zero-order valence-corrected chi connectivity index (χ0v) is 10.8. The van der Waals surface area contributed by atoms with Crippen molar-refractivity contribution in [1.29, 1.82) is 0 Å². The largest absolute Gasteiger partial charge is 0.426 e. The summed E-state index contributed by atoms with van der Waals surface area (Å²) in [6, 6.07) is 5.87. The number of ether oxygens (including phenoxy) is 1. The Balaban J connectivity index is 2.36. The first-order chi connectivity index (χ1) is 8.69. The van der Waals surface area contributed by atoms with Crippen LogP contribution in [0.15, 0.2) is 18.2 Å². The predicted molar refractivity (Wildman–Crippen MR) is 70.1 cm³/mol. The van der Waals surface area contributed by atoms with Gasteiger partial charge in [-0.05, 0) is 19.9 Å². The number of hydrogen-bond donors (Lipinski definition) is 1. The van der Waals surface area contributed by atoms with Crippen LogP contribution in [0.2, 0.25) is 0 Å². The van der Waals surface area contributed by atoms with E-state index in [1.54, 1.807) is 0 Å². The lowest BCUT2D eigenvalue weighted by atomic mass is 9.93. The van der Waals surface area contributed by atoms with Gasteiger partial charge in [-0.15, -0.1) is 0 Å². The summed E-state index contributed by atoms with van der Waals surface area (Å²) in [6.07, 6.45) is 0.258. The van der Waals surface area contributed by atoms with Crippen molar-refractivity contribution in [3.63, 3.8) is 0 Å². The summed E-state index contributed by atoms with van der Waals surface area (Å²) in [5.74, 6) is 0.194. The maximum absolute atomic E-state index is 11.5. The van der Waals surface area contributed by atoms with Crippen LogP contribution in [0.25, 0.3) is 0 Å². The third kappa shape index (κ3) is 2.34. The first kappa shape index (κ1) is 12.9. The number of fused-ring (bicyclic) bond motifs is 1. The lowest BCUT2D eigenvalue weighted by Gasteiger charge is -2.26. The molecular weight excluding hydrogens is 230 g/mol. The lowest BCUT2D eigenvalue weighted by molar-refractivity contribution is -0.136. The fraction of sp³-hybridized carbons (Fsp3) is 0.500. The third-order valence-electron chi connectivity index (χ3n) is 3.42. The molecule has 4 nitrogen and oxygen atoms in total. The molecule has 1 atom stereocenters. The number of rotatable bonds is 4. The molecule has 18 heavy (non-hydrogen) atoms. The summed E-state index contributed by atoms with van der Waals surface area (Å²) >= 11 is 0. The van der Waals surface area contributed by atoms with Gasteiger partial charge in [0.15, 0.2) is 0 Å². The van der Waals surface area contributed by atoms with E-state index in [9.17, 15) is 9.90 Å². The first-order valence-electron chi connectivity index (χ1n) is 6.40. The molecule has 1 aliphatic rings. The fourth-order valence-electron chi connectivity index (χ4n) is 2.37. The van der Waals surface area contributed by atoms with Gasteiger partial charge in [0.1, 0.15) is 5.75 Å². The van der Waals surface area contributed by atoms with Gasteiger partial charge in [0.2, 0.25) is 0 Å². The van der Waals surface area contributed by atoms with Gasteiger partial charge in [0.05, 0.1) is 13.0 Å². The van der Waals surface area contributed by atoms with E-state index in [0.29, 0.717) is 5.75 Å². The molecule has 0 aliphatic carbocycles. The number of benzene rings is 1. The number of carbonyl (C=O) groups excluding carboxylic acids is 1. The lowest BCUT2D eigenvalue weighted by Crippen LogP contribution is -2.24. The zero-order chi connectivity index (χ0) is 13.1. The van der Waals surface area contributed by atoms with Crippen LogP contribution in [0.5, 0.6) is 5.75 Å². The number of aliphatic hydroxyl groups excluding tert-OH is 1. The van der Waals surface area contributed by atoms with E-state index in [2.05, 4.69) is 18.7 Å². The molecule has 1 aromatic rings. The van der Waals surface area contributed by atoms with Crippen molar-refractivity contribution in [3.05, 3.63) is 23.8 Å². The smallest absolute Gasteiger partial charge is 0.311 e. The van der Waals surface area contributed by atoms with Crippen molar-refractivity contribution in [1.82, 2.24) is 0 Å². The molecule has 0 bridgehead atoms. The minimum Gasteiger partial charge on any atom is -0.426 e. The van der Waals surface area contributed by atoms with Crippen LogP contribution in [0.3, 0.4) is 0 Å². The Labute approximate surface area is 107 Å². The van der Waals surface area contributed by atoms with Crippen LogP contribution >= 0.6 is 0 Å². The van der Waals surface area contributed by atoms with Gasteiger partial charge in [-0.25, -0.2) is 0 Å². The second-order valence-electron chi connectivity index (χ2n) is 4.45. The van der Waals surface area contributed by atoms with Gasteiger partial charge in [0.25, 0.3) is 0 Å². The van der Waals surface area contributed by atoms with E-state index < -0.39 is 0 Å². The molecule has 0 radical (unpaired) electrons. The van der Waals surface area contributed by atoms with Gasteiger partial charge < -0.3 is 14.7 Å². The van der Waals surface area contributed by atoms with E-state index in [1.807, 2.05) is 18.2 Å². The summed E-state index contributed by atoms with van der Waals surface area (Å²) in [7, 11) is 0. The van der Waals surface area contributed by atoms with Crippen molar-refractivity contribution in [2.24, 2.45) is 0 Å². The molecule has 0 saturated carbocycles. The molecule has 0 aromatic heterocycles. The SMILES string of the molecule is CCN(CC)c1ccc2c(c1)OC(=O)CC2CO. The van der Waals surface area contributed by atoms with Crippen molar-refractivity contribution >= 4 is 11.7 Å². The molecule has 2 rings (SSSR count). The number of nitrogens with zero attached hydrogens (tertiary/aromatic N) is 1. The molecule has 98 valence electrons. The molecule has 4 heteroatoms. The summed E-state index contributed by atoms with van der Waals surface area (Å²) in [5.41, 5.74) is 1.97. The first-order valence-corrected chi connectivity index (χ1v) is 6.40. The Bertz CT molecular complexity index is 441. The highest BCUT2D eigenvalue weighted by Crippen LogP contribution is 2.36. The average Bonchev–Trinajstić information content (AvgIpc) is 2.38. The van der Waals surface area contributed by atoms with Gasteiger partial charge >= 0.3 is 5.97 Å². The number of hydrogen-bond acceptors (Lipinski definition) is 4. The summed E-state index contributed by atoms with van der Waals surface area (Å²) in [6.45, 7) is 5.98. The molecule has 0 amide bonds. The highest BCUT2D eigenvalue weighted by molar-refractivity contribution is 5.77. The number of anilines is 1. The average molecular weight is 249 g/mol. The minimum atomic E-state index is -0.266. The molecule has 0 fully saturated rings. The van der Waals surface area contributed by atoms with Crippen molar-refractivity contribution in [2.45, 2.75) is 26.2 Å². The second kappa shape index (κ2) is 5.40. The Morgan fingerprint density at radius 2 is 2.11 bits per heavy atom. The van der Waals surface area contributed by atoms with Crippen LogP contribution in [0, 0.1) is 0 Å². The Morgan fingerprint density at radius 3 is 2.72 bits per heavy atom. The normalized spacial score (nSPS) is 18.2. The number of carbonyl (C=O) groups is 1. The molecule has 1 N–H and O–H groups in total. The Morgan fingerprint density at radius 1 is 1.39 bits per heavy atom. The summed E-state index contributed by atoms with van der Waals surface area (Å²) < 4.78 is 5.27. The molecule has 1 heterocycles. The number of aliphatic hydroxyl groups is 1. The zero-order valence-electron chi connectivity index (χ0n) is 10.8. The maximum atomic E-state index is 11.5. The molecule has 1 aliphatic heterocycles. The molecule has 1 aromatic carbocycles. The standard InChI is InChI=1S/C14H19NO3/c1-3-15(4-2)11-5-6-12-10(9-16)7-14(17)18-13(12)8-11/h5-6,8,10,16H,3-4,7,9H2,1-2H3. The van der Waals surface area contributed by atoms with Crippen LogP contribution in [-0.2, 0) is 4.79 Å². The minimum absolute atomic E-state index is 0.0211. The third-order valence-corrected chi connectivity index (χ3v) is 3.42. The molecule has 1 unspecified atom stereocenters. The quantitative estimate of drug-likeness (QED) is 0.654. The van der Waals surface area contributed by atoms with Gasteiger partial charge in [-0.1, -0.05) is 6.07 Å². The van der Waals surface area contributed by atoms with Crippen molar-refractivity contribution < 1.29 is 14.6 Å². The van der Waals surface area contributed by atoms with Crippen LogP contribution in [0.1, 0.15) is 31.7 Å². The van der Waals surface area contributed by atoms with Gasteiger partial charge in [0, 0.05) is 36.3 Å². The van der Waals surface area contributed by atoms with Crippen molar-refractivity contribution in [3.8, 4) is 5.75 Å². The summed E-state index contributed by atoms with van der Waals surface area (Å²) in [5, 5.41) is 9.31. The van der Waals surface area contributed by atoms with E-state index in [4.69, 9.17) is 4.74 Å². The molecule has 0 spiro atoms. The monoisotopic (exact) mass is 249 g/mol. The highest BCUT2D eigenvalue weighted by Gasteiger charge is 2.26. The summed E-state index contributed by atoms with van der Waals surface area (Å²) in [4.78, 5) is 13.7. The molecule has 0 saturated heterocycles. The second-order valence-corrected chi connectivity index (χ2v) is 4.45. The topological polar surface area (TPSA) is 49.8 Å². The van der Waals surface area contributed by atoms with Gasteiger partial charge in [-0.2, -0.15) is 0 Å². The maximum Gasteiger partial charge on any atom is 0.311 e. The van der Waals surface area contributed by atoms with Crippen LogP contribution in [-0.4, -0.2) is 30.8 Å².